The molecule has 1 rings (SSSR count). The van der Waals surface area contributed by atoms with Crippen molar-refractivity contribution in [3.05, 3.63) is 10.2 Å². The zero-order valence-corrected chi connectivity index (χ0v) is 6.32. The number of aromatic nitrogens is 2. The van der Waals surface area contributed by atoms with E-state index in [4.69, 9.17) is 34.7 Å². The summed E-state index contributed by atoms with van der Waals surface area (Å²) >= 11 is 11.0. The van der Waals surface area contributed by atoms with E-state index in [1.807, 2.05) is 0 Å². The van der Waals surface area contributed by atoms with E-state index in [1.54, 1.807) is 0 Å². The van der Waals surface area contributed by atoms with Crippen LogP contribution in [0.2, 0.25) is 10.2 Å². The summed E-state index contributed by atoms with van der Waals surface area (Å²) in [4.78, 5) is 0. The molecule has 0 spiro atoms. The molecule has 10 heavy (non-hydrogen) atoms. The Balaban J connectivity index is 3.34. The van der Waals surface area contributed by atoms with Crippen LogP contribution < -0.4 is 11.5 Å². The van der Waals surface area contributed by atoms with Gasteiger partial charge in [0.25, 0.3) is 0 Å². The second-order valence-corrected chi connectivity index (χ2v) is 2.34. The summed E-state index contributed by atoms with van der Waals surface area (Å²) in [6.07, 6.45) is 0. The first-order valence-electron chi connectivity index (χ1n) is 2.35. The van der Waals surface area contributed by atoms with Crippen LogP contribution in [0.25, 0.3) is 0 Å². The highest BCUT2D eigenvalue weighted by atomic mass is 35.5. The average Bonchev–Trinajstić information content (AvgIpc) is 1.93. The van der Waals surface area contributed by atoms with Crippen LogP contribution in [-0.2, 0) is 0 Å². The molecule has 0 saturated carbocycles. The van der Waals surface area contributed by atoms with Gasteiger partial charge in [-0.1, -0.05) is 23.2 Å². The van der Waals surface area contributed by atoms with Gasteiger partial charge in [0.2, 0.25) is 0 Å². The zero-order chi connectivity index (χ0) is 7.72. The Morgan fingerprint density at radius 1 is 1.10 bits per heavy atom. The van der Waals surface area contributed by atoms with E-state index in [1.165, 1.54) is 0 Å². The van der Waals surface area contributed by atoms with Gasteiger partial charge in [0, 0.05) is 0 Å². The molecule has 4 N–H and O–H groups in total. The van der Waals surface area contributed by atoms with Crippen LogP contribution in [0.5, 0.6) is 0 Å². The van der Waals surface area contributed by atoms with Crippen molar-refractivity contribution in [3.63, 3.8) is 0 Å². The molecular weight excluding hydrogens is 175 g/mol. The highest BCUT2D eigenvalue weighted by Gasteiger charge is 2.06. The third kappa shape index (κ3) is 1.08. The Morgan fingerprint density at radius 3 is 2.20 bits per heavy atom. The van der Waals surface area contributed by atoms with Gasteiger partial charge in [-0.2, -0.15) is 0 Å². The summed E-state index contributed by atoms with van der Waals surface area (Å²) in [6, 6.07) is 0. The fraction of sp³-hybridized carbons (Fsp3) is 0. The van der Waals surface area contributed by atoms with Crippen LogP contribution in [0.1, 0.15) is 0 Å². The third-order valence-corrected chi connectivity index (χ3v) is 1.68. The predicted octanol–water partition coefficient (Wildman–Crippen LogP) is 0.948. The molecule has 0 fully saturated rings. The Morgan fingerprint density at radius 2 is 1.70 bits per heavy atom. The molecule has 0 amide bonds. The van der Waals surface area contributed by atoms with E-state index in [0.717, 1.165) is 0 Å². The lowest BCUT2D eigenvalue weighted by molar-refractivity contribution is 1.05. The van der Waals surface area contributed by atoms with Crippen molar-refractivity contribution in [3.8, 4) is 0 Å². The number of halogens is 2. The summed E-state index contributed by atoms with van der Waals surface area (Å²) in [7, 11) is 0. The van der Waals surface area contributed by atoms with Crippen LogP contribution in [0.4, 0.5) is 11.5 Å². The lowest BCUT2D eigenvalue weighted by Gasteiger charge is -1.99. The molecule has 4 nitrogen and oxygen atoms in total. The summed E-state index contributed by atoms with van der Waals surface area (Å²) in [5.41, 5.74) is 10.8. The van der Waals surface area contributed by atoms with Gasteiger partial charge in [-0.3, -0.25) is 0 Å². The van der Waals surface area contributed by atoms with Crippen molar-refractivity contribution in [2.45, 2.75) is 0 Å². The number of anilines is 2. The Bertz CT molecular complexity index is 235. The second kappa shape index (κ2) is 2.48. The van der Waals surface area contributed by atoms with Gasteiger partial charge in [-0.15, -0.1) is 10.2 Å². The van der Waals surface area contributed by atoms with Gasteiger partial charge in [0.15, 0.2) is 11.0 Å². The van der Waals surface area contributed by atoms with Crippen LogP contribution in [0.15, 0.2) is 0 Å². The van der Waals surface area contributed by atoms with Crippen LogP contribution in [0.3, 0.4) is 0 Å². The van der Waals surface area contributed by atoms with Crippen molar-refractivity contribution in [2.24, 2.45) is 0 Å². The SMILES string of the molecule is Nc1nnc(Cl)c(Cl)c1N. The highest BCUT2D eigenvalue weighted by molar-refractivity contribution is 6.43. The van der Waals surface area contributed by atoms with Crippen molar-refractivity contribution in [1.29, 1.82) is 0 Å². The molecular formula is C4H4Cl2N4. The smallest absolute Gasteiger partial charge is 0.172 e. The molecule has 0 aromatic carbocycles. The van der Waals surface area contributed by atoms with E-state index in [-0.39, 0.29) is 21.7 Å². The lowest BCUT2D eigenvalue weighted by Crippen LogP contribution is -2.00. The van der Waals surface area contributed by atoms with Crippen molar-refractivity contribution >= 4 is 34.7 Å². The topological polar surface area (TPSA) is 77.8 Å². The van der Waals surface area contributed by atoms with Crippen LogP contribution in [0, 0.1) is 0 Å². The normalized spacial score (nSPS) is 9.80. The minimum atomic E-state index is 0.0633. The number of hydrogen-bond donors (Lipinski definition) is 2. The molecule has 0 aliphatic carbocycles. The number of rotatable bonds is 0. The fourth-order valence-corrected chi connectivity index (χ4v) is 0.693. The first-order chi connectivity index (χ1) is 4.63. The van der Waals surface area contributed by atoms with E-state index >= 15 is 0 Å². The lowest BCUT2D eigenvalue weighted by atomic mass is 10.4. The number of nitrogen functional groups attached to an aromatic ring is 2. The second-order valence-electron chi connectivity index (χ2n) is 1.60. The van der Waals surface area contributed by atoms with Crippen LogP contribution in [-0.4, -0.2) is 10.2 Å². The van der Waals surface area contributed by atoms with Gasteiger partial charge < -0.3 is 11.5 Å². The molecule has 1 aromatic heterocycles. The first-order valence-corrected chi connectivity index (χ1v) is 3.11. The highest BCUT2D eigenvalue weighted by Crippen LogP contribution is 2.27. The quantitative estimate of drug-likeness (QED) is 0.621. The van der Waals surface area contributed by atoms with Gasteiger partial charge in [-0.25, -0.2) is 0 Å². The summed E-state index contributed by atoms with van der Waals surface area (Å²) in [5, 5.41) is 7.05. The predicted molar refractivity (Wildman–Crippen MR) is 40.9 cm³/mol. The van der Waals surface area contributed by atoms with Crippen molar-refractivity contribution in [2.75, 3.05) is 11.5 Å². The molecule has 0 radical (unpaired) electrons. The summed E-state index contributed by atoms with van der Waals surface area (Å²) < 4.78 is 0. The molecule has 0 aliphatic heterocycles. The van der Waals surface area contributed by atoms with Crippen LogP contribution >= 0.6 is 23.2 Å². The summed E-state index contributed by atoms with van der Waals surface area (Å²) in [5.74, 6) is 0.0920. The van der Waals surface area contributed by atoms with Gasteiger partial charge in [0.05, 0.1) is 5.69 Å². The Labute approximate surface area is 67.1 Å². The molecule has 1 heterocycles. The molecule has 0 bridgehead atoms. The monoisotopic (exact) mass is 178 g/mol. The van der Waals surface area contributed by atoms with E-state index in [2.05, 4.69) is 10.2 Å². The van der Waals surface area contributed by atoms with Crippen molar-refractivity contribution < 1.29 is 0 Å². The molecule has 0 saturated heterocycles. The molecule has 1 aromatic rings. The average molecular weight is 179 g/mol. The maximum absolute atomic E-state index is 5.54. The van der Waals surface area contributed by atoms with E-state index in [9.17, 15) is 0 Å². The minimum absolute atomic E-state index is 0.0633. The number of hydrogen-bond acceptors (Lipinski definition) is 4. The largest absolute Gasteiger partial charge is 0.394 e. The molecule has 0 aliphatic rings. The molecule has 0 unspecified atom stereocenters. The third-order valence-electron chi connectivity index (χ3n) is 0.939. The van der Waals surface area contributed by atoms with Gasteiger partial charge in [-0.05, 0) is 0 Å². The van der Waals surface area contributed by atoms with E-state index in [0.29, 0.717) is 0 Å². The van der Waals surface area contributed by atoms with E-state index < -0.39 is 0 Å². The Hall–Kier alpha value is -0.740. The maximum Gasteiger partial charge on any atom is 0.172 e. The van der Waals surface area contributed by atoms with Gasteiger partial charge in [0.1, 0.15) is 5.02 Å². The van der Waals surface area contributed by atoms with Gasteiger partial charge >= 0.3 is 0 Å². The standard InChI is InChI=1S/C4H4Cl2N4/c5-1-2(7)4(8)10-9-3(1)6/h(H2,7,9)(H2,8,10). The maximum atomic E-state index is 5.54. The molecule has 54 valence electrons. The number of nitrogens with zero attached hydrogens (tertiary/aromatic N) is 2. The first kappa shape index (κ1) is 7.37. The minimum Gasteiger partial charge on any atom is -0.394 e. The molecule has 0 atom stereocenters. The summed E-state index contributed by atoms with van der Waals surface area (Å²) in [6.45, 7) is 0. The Kier molecular flexibility index (Phi) is 1.82. The molecule has 6 heteroatoms. The van der Waals surface area contributed by atoms with Crippen molar-refractivity contribution in [1.82, 2.24) is 10.2 Å². The zero-order valence-electron chi connectivity index (χ0n) is 4.81. The fourth-order valence-electron chi connectivity index (χ4n) is 0.419. The number of nitrogens with two attached hydrogens (primary N) is 2.